The Kier molecular flexibility index (Phi) is 50.2. The number of rotatable bonds is 55. The van der Waals surface area contributed by atoms with Gasteiger partial charge in [0.1, 0.15) is 0 Å². The summed E-state index contributed by atoms with van der Waals surface area (Å²) in [6.45, 7) is 9.97. The van der Waals surface area contributed by atoms with Crippen LogP contribution in [0.2, 0.25) is 0 Å². The predicted molar refractivity (Wildman–Crippen MR) is 290 cm³/mol. The van der Waals surface area contributed by atoms with Crippen molar-refractivity contribution >= 4 is 6.60 Å². The Hall–Kier alpha value is 0.430. The second kappa shape index (κ2) is 49.9. The van der Waals surface area contributed by atoms with Crippen molar-refractivity contribution in [1.29, 1.82) is 0 Å². The molecule has 0 aliphatic carbocycles. The van der Waals surface area contributed by atoms with Gasteiger partial charge in [0.2, 0.25) is 0 Å². The molecule has 0 fully saturated rings. The van der Waals surface area contributed by atoms with Crippen LogP contribution >= 0.6 is 6.60 Å². The summed E-state index contributed by atoms with van der Waals surface area (Å²) in [6.07, 6.45) is 83.2. The van der Waals surface area contributed by atoms with E-state index in [1.54, 1.807) is 95.0 Å². The first-order valence-electron chi connectivity index (χ1n) is 30.1. The van der Waals surface area contributed by atoms with Gasteiger partial charge in [-0.3, -0.25) is 0 Å². The maximum absolute atomic E-state index is 2.36. The van der Waals surface area contributed by atoms with Crippen LogP contribution in [0.1, 0.15) is 356 Å². The summed E-state index contributed by atoms with van der Waals surface area (Å²) in [6, 6.07) is 0. The van der Waals surface area contributed by atoms with Crippen molar-refractivity contribution in [2.24, 2.45) is 0 Å². The van der Waals surface area contributed by atoms with Crippen LogP contribution in [0, 0.1) is 0 Å². The number of unbranched alkanes of at least 4 members (excludes halogenated alkanes) is 45. The van der Waals surface area contributed by atoms with Gasteiger partial charge in [0.15, 0.2) is 0 Å². The van der Waals surface area contributed by atoms with Crippen LogP contribution in [0.5, 0.6) is 0 Å². The fourth-order valence-electron chi connectivity index (χ4n) is 11.4. The van der Waals surface area contributed by atoms with Gasteiger partial charge in [0.05, 0.1) is 0 Å². The molecule has 0 atom stereocenters. The minimum atomic E-state index is -1.81. The second-order valence-electron chi connectivity index (χ2n) is 21.8. The summed E-state index contributed by atoms with van der Waals surface area (Å²) in [5.41, 5.74) is 0. The third-order valence-electron chi connectivity index (χ3n) is 15.7. The SMILES string of the molecule is CCCCCCCCCCCCP(CCCCCCCCCCCC)(CCCCCCCCCCCC)(CCCCCCCCCCCC)CCCCCCCCCCCC. The summed E-state index contributed by atoms with van der Waals surface area (Å²) >= 11 is 0. The molecule has 0 saturated carbocycles. The molecule has 0 bridgehead atoms. The first-order valence-corrected chi connectivity index (χ1v) is 33.3. The number of hydrogen-bond donors (Lipinski definition) is 0. The van der Waals surface area contributed by atoms with Crippen molar-refractivity contribution in [3.8, 4) is 0 Å². The monoisotopic (exact) mass is 877 g/mol. The molecule has 1 heteroatoms. The van der Waals surface area contributed by atoms with Crippen molar-refractivity contribution in [3.05, 3.63) is 0 Å². The fourth-order valence-corrected chi connectivity index (χ4v) is 19.2. The molecule has 0 spiro atoms. The van der Waals surface area contributed by atoms with E-state index in [0.717, 1.165) is 0 Å². The third kappa shape index (κ3) is 41.6. The van der Waals surface area contributed by atoms with E-state index in [1.165, 1.54) is 257 Å². The van der Waals surface area contributed by atoms with E-state index < -0.39 is 6.60 Å². The predicted octanol–water partition coefficient (Wildman–Crippen LogP) is 23.1. The number of hydrogen-bond acceptors (Lipinski definition) is 0. The molecule has 0 aliphatic rings. The summed E-state index contributed by atoms with van der Waals surface area (Å²) in [5.74, 6) is 0. The first kappa shape index (κ1) is 61.4. The summed E-state index contributed by atoms with van der Waals surface area (Å²) in [7, 11) is 0. The molecule has 0 radical (unpaired) electrons. The van der Waals surface area contributed by atoms with Gasteiger partial charge in [0.25, 0.3) is 0 Å². The zero-order valence-electron chi connectivity index (χ0n) is 44.3. The zero-order chi connectivity index (χ0) is 44.3. The average Bonchev–Trinajstić information content (AvgIpc) is 3.27. The van der Waals surface area contributed by atoms with Crippen LogP contribution < -0.4 is 0 Å². The van der Waals surface area contributed by atoms with Crippen LogP contribution in [0.15, 0.2) is 0 Å². The van der Waals surface area contributed by atoms with Crippen molar-refractivity contribution in [3.63, 3.8) is 0 Å². The van der Waals surface area contributed by atoms with E-state index in [1.807, 2.05) is 0 Å². The van der Waals surface area contributed by atoms with E-state index in [2.05, 4.69) is 34.6 Å². The Labute approximate surface area is 391 Å². The van der Waals surface area contributed by atoms with Crippen LogP contribution in [0.4, 0.5) is 0 Å². The summed E-state index contributed by atoms with van der Waals surface area (Å²) in [4.78, 5) is 0. The molecule has 0 amide bonds. The molecule has 0 heterocycles. The molecule has 370 valence electrons. The Morgan fingerprint density at radius 2 is 0.230 bits per heavy atom. The second-order valence-corrected chi connectivity index (χ2v) is 28.5. The van der Waals surface area contributed by atoms with Crippen LogP contribution in [-0.2, 0) is 0 Å². The van der Waals surface area contributed by atoms with Gasteiger partial charge in [0, 0.05) is 0 Å². The molecular formula is C60H125P. The maximum atomic E-state index is 2.36. The van der Waals surface area contributed by atoms with Gasteiger partial charge < -0.3 is 0 Å². The van der Waals surface area contributed by atoms with Crippen molar-refractivity contribution in [1.82, 2.24) is 0 Å². The minimum absolute atomic E-state index is 1.38. The van der Waals surface area contributed by atoms with Gasteiger partial charge in [-0.05, 0) is 0 Å². The van der Waals surface area contributed by atoms with E-state index in [9.17, 15) is 0 Å². The molecule has 0 nitrogen and oxygen atoms in total. The van der Waals surface area contributed by atoms with Crippen molar-refractivity contribution in [2.75, 3.05) is 30.8 Å². The van der Waals surface area contributed by atoms with E-state index in [4.69, 9.17) is 0 Å². The fraction of sp³-hybridized carbons (Fsp3) is 1.00. The molecular weight excluding hydrogens is 752 g/mol. The summed E-state index contributed by atoms with van der Waals surface area (Å²) in [5, 5.41) is 0. The van der Waals surface area contributed by atoms with Gasteiger partial charge >= 0.3 is 393 Å². The van der Waals surface area contributed by atoms with E-state index >= 15 is 0 Å². The molecule has 0 aromatic carbocycles. The van der Waals surface area contributed by atoms with Crippen molar-refractivity contribution in [2.45, 2.75) is 356 Å². The molecule has 0 aliphatic heterocycles. The Bertz CT molecular complexity index is 629. The van der Waals surface area contributed by atoms with Crippen LogP contribution in [-0.4, -0.2) is 30.8 Å². The Morgan fingerprint density at radius 3 is 0.344 bits per heavy atom. The van der Waals surface area contributed by atoms with E-state index in [0.29, 0.717) is 0 Å². The van der Waals surface area contributed by atoms with Crippen LogP contribution in [0.3, 0.4) is 0 Å². The molecule has 0 rings (SSSR count). The Balaban J connectivity index is 5.89. The van der Waals surface area contributed by atoms with E-state index in [-0.39, 0.29) is 0 Å². The first-order chi connectivity index (χ1) is 30.1. The Morgan fingerprint density at radius 1 is 0.131 bits per heavy atom. The van der Waals surface area contributed by atoms with Gasteiger partial charge in [-0.25, -0.2) is 0 Å². The van der Waals surface area contributed by atoms with Gasteiger partial charge in [-0.15, -0.1) is 0 Å². The molecule has 0 N–H and O–H groups in total. The molecule has 0 aromatic rings. The molecule has 0 unspecified atom stereocenters. The molecule has 0 saturated heterocycles. The molecule has 0 aromatic heterocycles. The quantitative estimate of drug-likeness (QED) is 0.0422. The molecule has 61 heavy (non-hydrogen) atoms. The van der Waals surface area contributed by atoms with Gasteiger partial charge in [-0.1, -0.05) is 0 Å². The standard InChI is InChI=1S/C60H125P/c1-6-11-16-21-26-31-36-41-46-51-56-61(57-52-47-42-37-32-27-22-17-12-7-2,58-53-48-43-38-33-28-23-18-13-8-3,59-54-49-44-39-34-29-24-19-14-9-4)60-55-50-45-40-35-30-25-20-15-10-5/h6-60H2,1-5H3. The zero-order valence-corrected chi connectivity index (χ0v) is 45.2. The average molecular weight is 878 g/mol. The third-order valence-corrected chi connectivity index (χ3v) is 23.6. The van der Waals surface area contributed by atoms with Crippen molar-refractivity contribution < 1.29 is 0 Å². The van der Waals surface area contributed by atoms with Crippen LogP contribution in [0.25, 0.3) is 0 Å². The normalized spacial score (nSPS) is 12.7. The topological polar surface area (TPSA) is 0 Å². The van der Waals surface area contributed by atoms with Gasteiger partial charge in [-0.2, -0.15) is 0 Å². The summed E-state index contributed by atoms with van der Waals surface area (Å²) < 4.78 is 0.